The predicted octanol–water partition coefficient (Wildman–Crippen LogP) is 6.11. The second-order valence-electron chi connectivity index (χ2n) is 3.94. The second-order valence-corrected chi connectivity index (χ2v) is 6.53. The normalized spacial score (nSPS) is 10.4. The number of halogens is 4. The summed E-state index contributed by atoms with van der Waals surface area (Å²) in [5.41, 5.74) is 0.914. The third kappa shape index (κ3) is 3.82. The van der Waals surface area contributed by atoms with Crippen LogP contribution < -0.4 is 9.47 Å². The molecule has 106 valence electrons. The lowest BCUT2D eigenvalue weighted by Gasteiger charge is -2.12. The first kappa shape index (κ1) is 16.0. The molecule has 20 heavy (non-hydrogen) atoms. The van der Waals surface area contributed by atoms with Crippen molar-refractivity contribution in [2.45, 2.75) is 6.61 Å². The maximum Gasteiger partial charge on any atom is 0.139 e. The standard InChI is InChI=1S/C14H10Br2Cl2O2/c1-19-13-3-2-9(15)4-8(13)7-20-14-6-11(17)10(16)5-12(14)18/h2-6H,7H2,1H3. The second kappa shape index (κ2) is 7.03. The zero-order chi connectivity index (χ0) is 14.7. The SMILES string of the molecule is COc1ccc(Br)cc1COc1cc(Cl)c(Br)cc1Cl. The summed E-state index contributed by atoms with van der Waals surface area (Å²) in [5.74, 6) is 1.29. The van der Waals surface area contributed by atoms with Crippen LogP contribution in [0, 0.1) is 0 Å². The molecule has 0 amide bonds. The van der Waals surface area contributed by atoms with Crippen LogP contribution in [0.3, 0.4) is 0 Å². The smallest absolute Gasteiger partial charge is 0.139 e. The van der Waals surface area contributed by atoms with Gasteiger partial charge < -0.3 is 9.47 Å². The average Bonchev–Trinajstić information content (AvgIpc) is 2.41. The van der Waals surface area contributed by atoms with E-state index < -0.39 is 0 Å². The predicted molar refractivity (Wildman–Crippen MR) is 89.2 cm³/mol. The van der Waals surface area contributed by atoms with Crippen LogP contribution in [-0.4, -0.2) is 7.11 Å². The molecule has 2 nitrogen and oxygen atoms in total. The van der Waals surface area contributed by atoms with Crippen molar-refractivity contribution in [3.05, 3.63) is 54.9 Å². The fourth-order valence-corrected chi connectivity index (χ4v) is 2.89. The van der Waals surface area contributed by atoms with Crippen LogP contribution in [0.1, 0.15) is 5.56 Å². The molecule has 0 aliphatic rings. The summed E-state index contributed by atoms with van der Waals surface area (Å²) in [7, 11) is 1.62. The Kier molecular flexibility index (Phi) is 5.61. The van der Waals surface area contributed by atoms with Crippen molar-refractivity contribution < 1.29 is 9.47 Å². The van der Waals surface area contributed by atoms with Crippen molar-refractivity contribution in [2.24, 2.45) is 0 Å². The summed E-state index contributed by atoms with van der Waals surface area (Å²) in [6.45, 7) is 0.334. The number of hydrogen-bond donors (Lipinski definition) is 0. The molecule has 0 saturated heterocycles. The molecule has 0 aliphatic carbocycles. The minimum Gasteiger partial charge on any atom is -0.496 e. The molecule has 0 fully saturated rings. The van der Waals surface area contributed by atoms with Crippen molar-refractivity contribution in [1.82, 2.24) is 0 Å². The highest BCUT2D eigenvalue weighted by Gasteiger charge is 2.09. The Morgan fingerprint density at radius 1 is 1.00 bits per heavy atom. The van der Waals surface area contributed by atoms with E-state index in [4.69, 9.17) is 32.7 Å². The highest BCUT2D eigenvalue weighted by molar-refractivity contribution is 9.10. The lowest BCUT2D eigenvalue weighted by atomic mass is 10.2. The summed E-state index contributed by atoms with van der Waals surface area (Å²) in [6, 6.07) is 9.10. The van der Waals surface area contributed by atoms with Gasteiger partial charge in [0.05, 0.1) is 17.2 Å². The zero-order valence-electron chi connectivity index (χ0n) is 10.4. The summed E-state index contributed by atoms with van der Waals surface area (Å²) in [4.78, 5) is 0. The third-order valence-corrected chi connectivity index (χ3v) is 4.59. The number of rotatable bonds is 4. The van der Waals surface area contributed by atoms with Gasteiger partial charge in [0.2, 0.25) is 0 Å². The van der Waals surface area contributed by atoms with Gasteiger partial charge in [0, 0.05) is 20.6 Å². The van der Waals surface area contributed by atoms with E-state index in [1.54, 1.807) is 19.2 Å². The van der Waals surface area contributed by atoms with E-state index in [9.17, 15) is 0 Å². The van der Waals surface area contributed by atoms with Crippen LogP contribution >= 0.6 is 55.1 Å². The van der Waals surface area contributed by atoms with Gasteiger partial charge in [-0.2, -0.15) is 0 Å². The average molecular weight is 441 g/mol. The highest BCUT2D eigenvalue weighted by Crippen LogP contribution is 2.35. The van der Waals surface area contributed by atoms with Crippen LogP contribution in [0.15, 0.2) is 39.3 Å². The van der Waals surface area contributed by atoms with Crippen molar-refractivity contribution in [3.63, 3.8) is 0 Å². The molecule has 0 aromatic heterocycles. The summed E-state index contributed by atoms with van der Waals surface area (Å²) in [5, 5.41) is 1.04. The zero-order valence-corrected chi connectivity index (χ0v) is 15.1. The third-order valence-electron chi connectivity index (χ3n) is 2.60. The lowest BCUT2D eigenvalue weighted by Crippen LogP contribution is -1.99. The molecule has 0 heterocycles. The minimum absolute atomic E-state index is 0.334. The van der Waals surface area contributed by atoms with Gasteiger partial charge >= 0.3 is 0 Å². The van der Waals surface area contributed by atoms with Gasteiger partial charge in [-0.15, -0.1) is 0 Å². The monoisotopic (exact) mass is 438 g/mol. The molecule has 0 spiro atoms. The van der Waals surface area contributed by atoms with Gasteiger partial charge in [-0.25, -0.2) is 0 Å². The van der Waals surface area contributed by atoms with E-state index in [-0.39, 0.29) is 0 Å². The molecule has 2 rings (SSSR count). The van der Waals surface area contributed by atoms with Gasteiger partial charge in [0.15, 0.2) is 0 Å². The Labute approximate surface area is 144 Å². The fourth-order valence-electron chi connectivity index (χ4n) is 1.63. The maximum atomic E-state index is 6.12. The number of hydrogen-bond acceptors (Lipinski definition) is 2. The summed E-state index contributed by atoms with van der Waals surface area (Å²) < 4.78 is 12.7. The largest absolute Gasteiger partial charge is 0.496 e. The van der Waals surface area contributed by atoms with Crippen LogP contribution in [0.4, 0.5) is 0 Å². The van der Waals surface area contributed by atoms with Gasteiger partial charge in [0.25, 0.3) is 0 Å². The fraction of sp³-hybridized carbons (Fsp3) is 0.143. The summed E-state index contributed by atoms with van der Waals surface area (Å²) >= 11 is 18.9. The topological polar surface area (TPSA) is 18.5 Å². The van der Waals surface area contributed by atoms with E-state index in [1.807, 2.05) is 18.2 Å². The van der Waals surface area contributed by atoms with E-state index in [2.05, 4.69) is 31.9 Å². The van der Waals surface area contributed by atoms with E-state index in [0.29, 0.717) is 22.4 Å². The molecule has 0 radical (unpaired) electrons. The van der Waals surface area contributed by atoms with Crippen LogP contribution in [0.5, 0.6) is 11.5 Å². The number of methoxy groups -OCH3 is 1. The lowest BCUT2D eigenvalue weighted by molar-refractivity contribution is 0.297. The quantitative estimate of drug-likeness (QED) is 0.534. The Bertz CT molecular complexity index is 633. The molecule has 6 heteroatoms. The first-order valence-electron chi connectivity index (χ1n) is 5.61. The number of benzene rings is 2. The molecule has 2 aromatic rings. The molecular formula is C14H10Br2Cl2O2. The van der Waals surface area contributed by atoms with Crippen molar-refractivity contribution in [1.29, 1.82) is 0 Å². The minimum atomic E-state index is 0.334. The van der Waals surface area contributed by atoms with E-state index in [0.717, 1.165) is 20.3 Å². The van der Waals surface area contributed by atoms with Crippen LogP contribution in [-0.2, 0) is 6.61 Å². The Morgan fingerprint density at radius 2 is 1.75 bits per heavy atom. The Hall–Kier alpha value is -0.420. The van der Waals surface area contributed by atoms with E-state index in [1.165, 1.54) is 0 Å². The highest BCUT2D eigenvalue weighted by atomic mass is 79.9. The summed E-state index contributed by atoms with van der Waals surface area (Å²) in [6.07, 6.45) is 0. The molecule has 0 bridgehead atoms. The van der Waals surface area contributed by atoms with Gasteiger partial charge in [-0.3, -0.25) is 0 Å². The molecular weight excluding hydrogens is 431 g/mol. The van der Waals surface area contributed by atoms with Crippen LogP contribution in [0.25, 0.3) is 0 Å². The molecule has 0 saturated carbocycles. The number of ether oxygens (including phenoxy) is 2. The molecule has 0 atom stereocenters. The van der Waals surface area contributed by atoms with E-state index >= 15 is 0 Å². The first-order valence-corrected chi connectivity index (χ1v) is 7.95. The van der Waals surface area contributed by atoms with Crippen molar-refractivity contribution in [2.75, 3.05) is 7.11 Å². The van der Waals surface area contributed by atoms with Gasteiger partial charge in [-0.05, 0) is 40.2 Å². The van der Waals surface area contributed by atoms with Crippen molar-refractivity contribution >= 4 is 55.1 Å². The van der Waals surface area contributed by atoms with Gasteiger partial charge in [-0.1, -0.05) is 39.1 Å². The molecule has 0 aliphatic heterocycles. The molecule has 2 aromatic carbocycles. The maximum absolute atomic E-state index is 6.12. The Balaban J connectivity index is 2.21. The van der Waals surface area contributed by atoms with Crippen molar-refractivity contribution in [3.8, 4) is 11.5 Å². The first-order chi connectivity index (χ1) is 9.51. The van der Waals surface area contributed by atoms with Crippen LogP contribution in [0.2, 0.25) is 10.0 Å². The molecule has 0 unspecified atom stereocenters. The molecule has 0 N–H and O–H groups in total. The Morgan fingerprint density at radius 3 is 2.45 bits per heavy atom. The van der Waals surface area contributed by atoms with Gasteiger partial charge in [0.1, 0.15) is 18.1 Å².